The molecular formula is C11H20N2S2. The highest BCUT2D eigenvalue weighted by molar-refractivity contribution is 8.13. The predicted molar refractivity (Wildman–Crippen MR) is 72.0 cm³/mol. The summed E-state index contributed by atoms with van der Waals surface area (Å²) in [6, 6.07) is 0. The minimum absolute atomic E-state index is 0.382. The van der Waals surface area contributed by atoms with E-state index in [4.69, 9.17) is 0 Å². The highest BCUT2D eigenvalue weighted by Gasteiger charge is 2.41. The first-order valence-corrected chi connectivity index (χ1v) is 7.73. The van der Waals surface area contributed by atoms with Gasteiger partial charge in [0.25, 0.3) is 0 Å². The summed E-state index contributed by atoms with van der Waals surface area (Å²) in [6.45, 7) is 6.63. The monoisotopic (exact) mass is 244 g/mol. The van der Waals surface area contributed by atoms with Crippen LogP contribution in [0.5, 0.6) is 0 Å². The average molecular weight is 244 g/mol. The van der Waals surface area contributed by atoms with Crippen LogP contribution in [0, 0.1) is 5.41 Å². The molecule has 1 heterocycles. The van der Waals surface area contributed by atoms with Crippen LogP contribution in [-0.4, -0.2) is 35.0 Å². The molecule has 0 aromatic rings. The molecule has 1 aliphatic heterocycles. The molecule has 2 rings (SSSR count). The van der Waals surface area contributed by atoms with Gasteiger partial charge in [-0.3, -0.25) is 4.99 Å². The van der Waals surface area contributed by atoms with Gasteiger partial charge in [-0.1, -0.05) is 25.6 Å². The van der Waals surface area contributed by atoms with Crippen LogP contribution in [0.4, 0.5) is 0 Å². The largest absolute Gasteiger partial charge is 0.364 e. The van der Waals surface area contributed by atoms with Crippen molar-refractivity contribution in [1.29, 1.82) is 0 Å². The molecule has 4 heteroatoms. The van der Waals surface area contributed by atoms with E-state index in [9.17, 15) is 0 Å². The van der Waals surface area contributed by atoms with Gasteiger partial charge in [-0.15, -0.1) is 0 Å². The van der Waals surface area contributed by atoms with Crippen molar-refractivity contribution in [1.82, 2.24) is 5.32 Å². The Kier molecular flexibility index (Phi) is 3.27. The predicted octanol–water partition coefficient (Wildman–Crippen LogP) is 2.60. The fourth-order valence-electron chi connectivity index (χ4n) is 1.58. The summed E-state index contributed by atoms with van der Waals surface area (Å²) in [6.07, 6.45) is 4.95. The highest BCUT2D eigenvalue weighted by Crippen LogP contribution is 2.46. The van der Waals surface area contributed by atoms with Crippen LogP contribution >= 0.6 is 23.5 Å². The fraction of sp³-hybridized carbons (Fsp3) is 0.909. The second-order valence-corrected chi connectivity index (χ2v) is 7.55. The van der Waals surface area contributed by atoms with E-state index >= 15 is 0 Å². The molecule has 0 radical (unpaired) electrons. The van der Waals surface area contributed by atoms with Gasteiger partial charge in [0, 0.05) is 23.6 Å². The number of nitrogens with one attached hydrogen (secondary N) is 1. The molecule has 0 atom stereocenters. The number of nitrogens with zero attached hydrogens (tertiary/aromatic N) is 1. The molecule has 0 amide bonds. The Bertz CT molecular complexity index is 270. The van der Waals surface area contributed by atoms with Crippen molar-refractivity contribution in [2.75, 3.05) is 25.1 Å². The second kappa shape index (κ2) is 4.21. The standard InChI is InChI=1S/C11H20N2S2/c1-10(2)6-12-9(15-8-10)13-7-11(14-3)4-5-11/h4-8H2,1-3H3,(H,12,13). The van der Waals surface area contributed by atoms with Crippen LogP contribution in [0.15, 0.2) is 4.99 Å². The summed E-state index contributed by atoms with van der Waals surface area (Å²) < 4.78 is 0.538. The van der Waals surface area contributed by atoms with Gasteiger partial charge < -0.3 is 5.32 Å². The molecule has 0 aromatic carbocycles. The molecule has 0 spiro atoms. The zero-order valence-corrected chi connectivity index (χ0v) is 11.4. The van der Waals surface area contributed by atoms with Gasteiger partial charge in [-0.2, -0.15) is 11.8 Å². The normalized spacial score (nSPS) is 27.0. The summed E-state index contributed by atoms with van der Waals surface area (Å²) in [5, 5.41) is 4.67. The van der Waals surface area contributed by atoms with Gasteiger partial charge in [0.15, 0.2) is 5.17 Å². The topological polar surface area (TPSA) is 24.4 Å². The number of hydrogen-bond donors (Lipinski definition) is 1. The molecule has 86 valence electrons. The Labute approximate surface area is 101 Å². The van der Waals surface area contributed by atoms with Gasteiger partial charge >= 0.3 is 0 Å². The Morgan fingerprint density at radius 3 is 2.67 bits per heavy atom. The molecule has 0 unspecified atom stereocenters. The molecule has 1 aliphatic carbocycles. The maximum Gasteiger partial charge on any atom is 0.156 e. The Morgan fingerprint density at radius 2 is 2.20 bits per heavy atom. The lowest BCUT2D eigenvalue weighted by Gasteiger charge is -2.28. The van der Waals surface area contributed by atoms with Crippen LogP contribution in [0.3, 0.4) is 0 Å². The smallest absolute Gasteiger partial charge is 0.156 e. The van der Waals surface area contributed by atoms with Gasteiger partial charge in [0.05, 0.1) is 0 Å². The lowest BCUT2D eigenvalue weighted by atomic mass is 9.97. The first-order valence-electron chi connectivity index (χ1n) is 5.52. The van der Waals surface area contributed by atoms with Gasteiger partial charge in [0.2, 0.25) is 0 Å². The second-order valence-electron chi connectivity index (χ2n) is 5.31. The van der Waals surface area contributed by atoms with Gasteiger partial charge in [-0.25, -0.2) is 0 Å². The van der Waals surface area contributed by atoms with Crippen molar-refractivity contribution in [2.45, 2.75) is 31.4 Å². The molecule has 0 aromatic heterocycles. The lowest BCUT2D eigenvalue weighted by Crippen LogP contribution is -2.35. The summed E-state index contributed by atoms with van der Waals surface area (Å²) in [7, 11) is 0. The molecule has 1 fully saturated rings. The fourth-order valence-corrected chi connectivity index (χ4v) is 3.25. The molecular weight excluding hydrogens is 224 g/mol. The summed E-state index contributed by atoms with van der Waals surface area (Å²) in [5.41, 5.74) is 0.382. The van der Waals surface area contributed by atoms with E-state index in [1.165, 1.54) is 18.6 Å². The van der Waals surface area contributed by atoms with E-state index < -0.39 is 0 Å². The maximum atomic E-state index is 4.61. The Morgan fingerprint density at radius 1 is 1.47 bits per heavy atom. The van der Waals surface area contributed by atoms with Crippen molar-refractivity contribution in [3.05, 3.63) is 0 Å². The molecule has 1 saturated carbocycles. The summed E-state index contributed by atoms with van der Waals surface area (Å²) >= 11 is 3.88. The third-order valence-electron chi connectivity index (χ3n) is 3.05. The van der Waals surface area contributed by atoms with Crippen LogP contribution in [-0.2, 0) is 0 Å². The van der Waals surface area contributed by atoms with E-state index in [1.54, 1.807) is 0 Å². The molecule has 2 nitrogen and oxygen atoms in total. The van der Waals surface area contributed by atoms with Crippen molar-refractivity contribution in [2.24, 2.45) is 10.4 Å². The van der Waals surface area contributed by atoms with Gasteiger partial charge in [0.1, 0.15) is 0 Å². The third-order valence-corrected chi connectivity index (χ3v) is 5.94. The number of amidine groups is 1. The molecule has 0 bridgehead atoms. The number of rotatable bonds is 3. The highest BCUT2D eigenvalue weighted by atomic mass is 32.2. The minimum atomic E-state index is 0.382. The van der Waals surface area contributed by atoms with Crippen LogP contribution in [0.2, 0.25) is 0 Å². The molecule has 2 aliphatic rings. The Hall–Kier alpha value is 0.170. The number of hydrogen-bond acceptors (Lipinski definition) is 4. The van der Waals surface area contributed by atoms with Crippen LogP contribution < -0.4 is 5.32 Å². The maximum absolute atomic E-state index is 4.61. The van der Waals surface area contributed by atoms with E-state index in [1.807, 2.05) is 23.5 Å². The summed E-state index contributed by atoms with van der Waals surface area (Å²) in [5.74, 6) is 1.19. The molecule has 0 saturated heterocycles. The summed E-state index contributed by atoms with van der Waals surface area (Å²) in [4.78, 5) is 4.61. The van der Waals surface area contributed by atoms with Gasteiger partial charge in [-0.05, 0) is 24.5 Å². The minimum Gasteiger partial charge on any atom is -0.364 e. The molecule has 15 heavy (non-hydrogen) atoms. The Balaban J connectivity index is 1.79. The first-order chi connectivity index (χ1) is 7.05. The van der Waals surface area contributed by atoms with Crippen molar-refractivity contribution >= 4 is 28.7 Å². The van der Waals surface area contributed by atoms with Crippen molar-refractivity contribution < 1.29 is 0 Å². The van der Waals surface area contributed by atoms with Crippen molar-refractivity contribution in [3.63, 3.8) is 0 Å². The van der Waals surface area contributed by atoms with E-state index in [-0.39, 0.29) is 0 Å². The number of thioether (sulfide) groups is 2. The molecule has 1 N–H and O–H groups in total. The van der Waals surface area contributed by atoms with E-state index in [0.29, 0.717) is 10.2 Å². The van der Waals surface area contributed by atoms with E-state index in [2.05, 4.69) is 30.4 Å². The zero-order valence-electron chi connectivity index (χ0n) is 9.80. The third kappa shape index (κ3) is 3.06. The quantitative estimate of drug-likeness (QED) is 0.826. The average Bonchev–Trinajstić information content (AvgIpc) is 2.97. The van der Waals surface area contributed by atoms with E-state index in [0.717, 1.165) is 18.3 Å². The first kappa shape index (κ1) is 11.6. The lowest BCUT2D eigenvalue weighted by molar-refractivity contribution is 0.436. The number of aliphatic imine (C=N–C) groups is 1. The zero-order chi connectivity index (χ0) is 10.9. The van der Waals surface area contributed by atoms with Crippen LogP contribution in [0.25, 0.3) is 0 Å². The SMILES string of the molecule is CSC1(CNC2=NCC(C)(C)CS2)CC1. The van der Waals surface area contributed by atoms with Crippen LogP contribution in [0.1, 0.15) is 26.7 Å². The van der Waals surface area contributed by atoms with Crippen molar-refractivity contribution in [3.8, 4) is 0 Å².